The second-order valence-corrected chi connectivity index (χ2v) is 7.02. The van der Waals surface area contributed by atoms with Crippen molar-refractivity contribution in [3.05, 3.63) is 0 Å². The average Bonchev–Trinajstić information content (AvgIpc) is 2.31. The SMILES string of the molecule is CCCC(CC)NC1C2CC3CC(C2)CC1C3. The fourth-order valence-electron chi connectivity index (χ4n) is 5.22. The van der Waals surface area contributed by atoms with Crippen molar-refractivity contribution in [2.24, 2.45) is 23.7 Å². The molecule has 4 bridgehead atoms. The first-order valence-corrected chi connectivity index (χ1v) is 8.06. The molecule has 1 nitrogen and oxygen atoms in total. The molecule has 17 heavy (non-hydrogen) atoms. The molecule has 4 fully saturated rings. The van der Waals surface area contributed by atoms with E-state index in [4.69, 9.17) is 0 Å². The fraction of sp³-hybridized carbons (Fsp3) is 1.00. The van der Waals surface area contributed by atoms with Gasteiger partial charge in [0.15, 0.2) is 0 Å². The van der Waals surface area contributed by atoms with Crippen LogP contribution in [-0.2, 0) is 0 Å². The molecular weight excluding hydrogens is 206 g/mol. The summed E-state index contributed by atoms with van der Waals surface area (Å²) in [4.78, 5) is 0. The van der Waals surface area contributed by atoms with E-state index in [1.807, 2.05) is 0 Å². The van der Waals surface area contributed by atoms with Gasteiger partial charge in [-0.2, -0.15) is 0 Å². The smallest absolute Gasteiger partial charge is 0.0127 e. The van der Waals surface area contributed by atoms with Crippen molar-refractivity contribution in [3.8, 4) is 0 Å². The molecule has 4 aliphatic rings. The first kappa shape index (κ1) is 12.0. The summed E-state index contributed by atoms with van der Waals surface area (Å²) in [7, 11) is 0. The Hall–Kier alpha value is -0.0400. The first-order chi connectivity index (χ1) is 8.30. The molecular formula is C16H29N. The van der Waals surface area contributed by atoms with Crippen LogP contribution in [0.1, 0.15) is 65.2 Å². The molecule has 4 rings (SSSR count). The summed E-state index contributed by atoms with van der Waals surface area (Å²) in [6.45, 7) is 4.67. The van der Waals surface area contributed by atoms with Crippen molar-refractivity contribution >= 4 is 0 Å². The van der Waals surface area contributed by atoms with Crippen LogP contribution in [0.15, 0.2) is 0 Å². The van der Waals surface area contributed by atoms with Crippen LogP contribution < -0.4 is 5.32 Å². The van der Waals surface area contributed by atoms with Crippen molar-refractivity contribution in [2.75, 3.05) is 0 Å². The molecule has 0 saturated heterocycles. The molecule has 0 aromatic heterocycles. The number of hydrogen-bond donors (Lipinski definition) is 1. The Kier molecular flexibility index (Phi) is 3.47. The molecule has 4 saturated carbocycles. The highest BCUT2D eigenvalue weighted by molar-refractivity contribution is 5.01. The lowest BCUT2D eigenvalue weighted by molar-refractivity contribution is -0.0182. The predicted molar refractivity (Wildman–Crippen MR) is 73.0 cm³/mol. The molecule has 0 aromatic carbocycles. The third-order valence-corrected chi connectivity index (χ3v) is 5.78. The molecule has 1 unspecified atom stereocenters. The lowest BCUT2D eigenvalue weighted by Crippen LogP contribution is -2.56. The zero-order chi connectivity index (χ0) is 11.8. The monoisotopic (exact) mass is 235 g/mol. The second-order valence-electron chi connectivity index (χ2n) is 7.02. The van der Waals surface area contributed by atoms with Crippen LogP contribution in [0.4, 0.5) is 0 Å². The van der Waals surface area contributed by atoms with E-state index in [1.165, 1.54) is 19.3 Å². The largest absolute Gasteiger partial charge is 0.311 e. The topological polar surface area (TPSA) is 12.0 Å². The standard InChI is InChI=1S/C16H29N/c1-3-5-15(4-2)17-16-13-7-11-6-12(9-13)10-14(16)8-11/h11-17H,3-10H2,1-2H3. The summed E-state index contributed by atoms with van der Waals surface area (Å²) in [5, 5.41) is 4.05. The van der Waals surface area contributed by atoms with E-state index in [-0.39, 0.29) is 0 Å². The first-order valence-electron chi connectivity index (χ1n) is 8.06. The van der Waals surface area contributed by atoms with E-state index < -0.39 is 0 Å². The van der Waals surface area contributed by atoms with Gasteiger partial charge in [0.2, 0.25) is 0 Å². The highest BCUT2D eigenvalue weighted by Gasteiger charge is 2.48. The zero-order valence-electron chi connectivity index (χ0n) is 11.6. The molecule has 98 valence electrons. The van der Waals surface area contributed by atoms with Gasteiger partial charge in [-0.1, -0.05) is 20.3 Å². The van der Waals surface area contributed by atoms with Gasteiger partial charge in [-0.05, 0) is 68.6 Å². The van der Waals surface area contributed by atoms with Crippen LogP contribution in [0, 0.1) is 23.7 Å². The molecule has 0 heterocycles. The summed E-state index contributed by atoms with van der Waals surface area (Å²) >= 11 is 0. The van der Waals surface area contributed by atoms with E-state index in [0.29, 0.717) is 0 Å². The zero-order valence-corrected chi connectivity index (χ0v) is 11.6. The van der Waals surface area contributed by atoms with Crippen LogP contribution >= 0.6 is 0 Å². The van der Waals surface area contributed by atoms with Crippen molar-refractivity contribution in [1.82, 2.24) is 5.32 Å². The van der Waals surface area contributed by atoms with Crippen LogP contribution in [0.2, 0.25) is 0 Å². The second kappa shape index (κ2) is 4.91. The normalized spacial score (nSPS) is 45.2. The van der Waals surface area contributed by atoms with Crippen molar-refractivity contribution < 1.29 is 0 Å². The maximum absolute atomic E-state index is 4.05. The van der Waals surface area contributed by atoms with Gasteiger partial charge in [-0.25, -0.2) is 0 Å². The van der Waals surface area contributed by atoms with Gasteiger partial charge < -0.3 is 5.32 Å². The minimum atomic E-state index is 0.794. The molecule has 1 atom stereocenters. The summed E-state index contributed by atoms with van der Waals surface area (Å²) in [6, 6.07) is 1.68. The van der Waals surface area contributed by atoms with E-state index in [0.717, 1.165) is 35.8 Å². The summed E-state index contributed by atoms with van der Waals surface area (Å²) in [6.07, 6.45) is 11.8. The van der Waals surface area contributed by atoms with Crippen LogP contribution in [0.3, 0.4) is 0 Å². The van der Waals surface area contributed by atoms with Gasteiger partial charge in [0.25, 0.3) is 0 Å². The van der Waals surface area contributed by atoms with E-state index in [9.17, 15) is 0 Å². The van der Waals surface area contributed by atoms with Crippen LogP contribution in [0.25, 0.3) is 0 Å². The number of hydrogen-bond acceptors (Lipinski definition) is 1. The third-order valence-electron chi connectivity index (χ3n) is 5.78. The number of nitrogens with one attached hydrogen (secondary N) is 1. The molecule has 0 aromatic rings. The van der Waals surface area contributed by atoms with Crippen LogP contribution in [-0.4, -0.2) is 12.1 Å². The molecule has 1 N–H and O–H groups in total. The fourth-order valence-corrected chi connectivity index (χ4v) is 5.22. The predicted octanol–water partition coefficient (Wildman–Crippen LogP) is 3.98. The summed E-state index contributed by atoms with van der Waals surface area (Å²) in [5.74, 6) is 4.30. The molecule has 0 spiro atoms. The highest BCUT2D eigenvalue weighted by Crippen LogP contribution is 2.53. The van der Waals surface area contributed by atoms with Gasteiger partial charge in [-0.15, -0.1) is 0 Å². The molecule has 4 aliphatic carbocycles. The van der Waals surface area contributed by atoms with Gasteiger partial charge in [0, 0.05) is 12.1 Å². The highest BCUT2D eigenvalue weighted by atomic mass is 15.0. The van der Waals surface area contributed by atoms with Gasteiger partial charge in [0.05, 0.1) is 0 Å². The van der Waals surface area contributed by atoms with Crippen LogP contribution in [0.5, 0.6) is 0 Å². The van der Waals surface area contributed by atoms with Gasteiger partial charge in [-0.3, -0.25) is 0 Å². The Balaban J connectivity index is 1.63. The third kappa shape index (κ3) is 2.28. The van der Waals surface area contributed by atoms with E-state index in [1.54, 1.807) is 32.1 Å². The maximum Gasteiger partial charge on any atom is 0.0127 e. The van der Waals surface area contributed by atoms with Gasteiger partial charge in [0.1, 0.15) is 0 Å². The Morgan fingerprint density at radius 1 is 0.941 bits per heavy atom. The summed E-state index contributed by atoms with van der Waals surface area (Å²) < 4.78 is 0. The minimum absolute atomic E-state index is 0.794. The Morgan fingerprint density at radius 3 is 2.00 bits per heavy atom. The van der Waals surface area contributed by atoms with Crippen molar-refractivity contribution in [3.63, 3.8) is 0 Å². The Morgan fingerprint density at radius 2 is 1.53 bits per heavy atom. The average molecular weight is 235 g/mol. The lowest BCUT2D eigenvalue weighted by atomic mass is 9.54. The minimum Gasteiger partial charge on any atom is -0.311 e. The molecule has 0 amide bonds. The van der Waals surface area contributed by atoms with Gasteiger partial charge >= 0.3 is 0 Å². The van der Waals surface area contributed by atoms with E-state index >= 15 is 0 Å². The summed E-state index contributed by atoms with van der Waals surface area (Å²) in [5.41, 5.74) is 0. The van der Waals surface area contributed by atoms with Crippen molar-refractivity contribution in [1.29, 1.82) is 0 Å². The maximum atomic E-state index is 4.05. The molecule has 1 heteroatoms. The molecule has 0 aliphatic heterocycles. The molecule has 0 radical (unpaired) electrons. The van der Waals surface area contributed by atoms with E-state index in [2.05, 4.69) is 19.2 Å². The quantitative estimate of drug-likeness (QED) is 0.760. The lowest BCUT2D eigenvalue weighted by Gasteiger charge is -2.55. The number of rotatable bonds is 5. The Labute approximate surface area is 107 Å². The Bertz CT molecular complexity index is 232. The van der Waals surface area contributed by atoms with Crippen molar-refractivity contribution in [2.45, 2.75) is 77.3 Å².